The van der Waals surface area contributed by atoms with Gasteiger partial charge in [0.15, 0.2) is 0 Å². The number of carbonyl (C=O) groups excluding carboxylic acids is 1. The molecule has 0 saturated carbocycles. The Morgan fingerprint density at radius 3 is 2.32 bits per heavy atom. The molecule has 4 rings (SSSR count). The van der Waals surface area contributed by atoms with E-state index in [2.05, 4.69) is 44.1 Å². The van der Waals surface area contributed by atoms with Gasteiger partial charge >= 0.3 is 0 Å². The fourth-order valence-electron chi connectivity index (χ4n) is 3.92. The van der Waals surface area contributed by atoms with Crippen LogP contribution in [0.15, 0.2) is 77.0 Å². The van der Waals surface area contributed by atoms with Crippen LogP contribution in [0.25, 0.3) is 0 Å². The number of hydrogen-bond acceptors (Lipinski definition) is 6. The summed E-state index contributed by atoms with van der Waals surface area (Å²) < 4.78 is 27.5. The lowest BCUT2D eigenvalue weighted by molar-refractivity contribution is 0.0951. The van der Waals surface area contributed by atoms with Crippen molar-refractivity contribution in [3.8, 4) is 0 Å². The van der Waals surface area contributed by atoms with Crippen LogP contribution in [0.3, 0.4) is 0 Å². The summed E-state index contributed by atoms with van der Waals surface area (Å²) in [5.74, 6) is -0.190. The Balaban J connectivity index is 1.17. The molecule has 34 heavy (non-hydrogen) atoms. The van der Waals surface area contributed by atoms with Crippen molar-refractivity contribution in [1.82, 2.24) is 14.9 Å². The predicted octanol–water partition coefficient (Wildman–Crippen LogP) is 3.17. The summed E-state index contributed by atoms with van der Waals surface area (Å²) in [5, 5.41) is 4.84. The van der Waals surface area contributed by atoms with Gasteiger partial charge < -0.3 is 10.2 Å². The molecule has 2 N–H and O–H groups in total. The number of sulfonamides is 1. The summed E-state index contributed by atoms with van der Waals surface area (Å²) in [7, 11) is -3.62. The van der Waals surface area contributed by atoms with Crippen molar-refractivity contribution >= 4 is 33.0 Å². The predicted molar refractivity (Wildman–Crippen MR) is 137 cm³/mol. The number of benzene rings is 2. The number of hydrogen-bond donors (Lipinski definition) is 2. The topological polar surface area (TPSA) is 81.8 Å². The standard InChI is InChI=1S/C25H30N4O3S2/c30-25(21-9-11-24(12-10-21)34(31,32)27-20-23-8-4-19-33-23)26-13-5-14-28-15-17-29(18-16-28)22-6-2-1-3-7-22/h1-4,6-12,19,27H,5,13-18,20H2,(H,26,30). The van der Waals surface area contributed by atoms with E-state index in [1.807, 2.05) is 23.6 Å². The minimum Gasteiger partial charge on any atom is -0.369 e. The highest BCUT2D eigenvalue weighted by atomic mass is 32.2. The molecule has 1 fully saturated rings. The van der Waals surface area contributed by atoms with Gasteiger partial charge in [0.1, 0.15) is 0 Å². The van der Waals surface area contributed by atoms with E-state index >= 15 is 0 Å². The van der Waals surface area contributed by atoms with E-state index in [9.17, 15) is 13.2 Å². The maximum atomic E-state index is 12.5. The fourth-order valence-corrected chi connectivity index (χ4v) is 5.67. The largest absolute Gasteiger partial charge is 0.369 e. The first-order chi connectivity index (χ1) is 16.5. The maximum absolute atomic E-state index is 12.5. The van der Waals surface area contributed by atoms with Gasteiger partial charge in [-0.3, -0.25) is 9.69 Å². The molecule has 0 radical (unpaired) electrons. The quantitative estimate of drug-likeness (QED) is 0.420. The van der Waals surface area contributed by atoms with Crippen LogP contribution in [-0.2, 0) is 16.6 Å². The molecule has 0 spiro atoms. The third kappa shape index (κ3) is 6.66. The molecule has 0 atom stereocenters. The van der Waals surface area contributed by atoms with Gasteiger partial charge in [0.05, 0.1) is 4.90 Å². The summed E-state index contributed by atoms with van der Waals surface area (Å²) in [6.45, 7) is 5.82. The van der Waals surface area contributed by atoms with Crippen LogP contribution in [0.5, 0.6) is 0 Å². The zero-order valence-electron chi connectivity index (χ0n) is 19.0. The number of para-hydroxylation sites is 1. The first-order valence-corrected chi connectivity index (χ1v) is 13.8. The zero-order chi connectivity index (χ0) is 23.8. The second-order valence-electron chi connectivity index (χ2n) is 8.20. The van der Waals surface area contributed by atoms with Crippen LogP contribution >= 0.6 is 11.3 Å². The highest BCUT2D eigenvalue weighted by Gasteiger charge is 2.17. The molecule has 1 amide bonds. The van der Waals surface area contributed by atoms with Gasteiger partial charge in [0, 0.05) is 55.4 Å². The minimum absolute atomic E-state index is 0.148. The second kappa shape index (κ2) is 11.6. The van der Waals surface area contributed by atoms with Crippen LogP contribution in [0.1, 0.15) is 21.7 Å². The van der Waals surface area contributed by atoms with Crippen molar-refractivity contribution in [2.45, 2.75) is 17.9 Å². The Bertz CT molecular complexity index is 1140. The van der Waals surface area contributed by atoms with Crippen molar-refractivity contribution in [2.75, 3.05) is 44.2 Å². The SMILES string of the molecule is O=C(NCCCN1CCN(c2ccccc2)CC1)c1ccc(S(=O)(=O)NCc2cccs2)cc1. The van der Waals surface area contributed by atoms with E-state index in [-0.39, 0.29) is 17.3 Å². The van der Waals surface area contributed by atoms with E-state index in [1.54, 1.807) is 12.1 Å². The van der Waals surface area contributed by atoms with E-state index in [1.165, 1.54) is 29.2 Å². The van der Waals surface area contributed by atoms with E-state index in [0.29, 0.717) is 12.1 Å². The highest BCUT2D eigenvalue weighted by Crippen LogP contribution is 2.16. The summed E-state index contributed by atoms with van der Waals surface area (Å²) in [6.07, 6.45) is 0.871. The normalized spacial score (nSPS) is 14.8. The van der Waals surface area contributed by atoms with Gasteiger partial charge in [-0.2, -0.15) is 0 Å². The second-order valence-corrected chi connectivity index (χ2v) is 11.0. The van der Waals surface area contributed by atoms with Gasteiger partial charge in [-0.05, 0) is 60.8 Å². The van der Waals surface area contributed by atoms with Crippen molar-refractivity contribution < 1.29 is 13.2 Å². The number of amides is 1. The number of rotatable bonds is 10. The molecule has 3 aromatic rings. The third-order valence-corrected chi connectivity index (χ3v) is 8.17. The minimum atomic E-state index is -3.62. The van der Waals surface area contributed by atoms with Crippen molar-refractivity contribution in [2.24, 2.45) is 0 Å². The Labute approximate surface area is 205 Å². The molecule has 2 heterocycles. The van der Waals surface area contributed by atoms with Crippen molar-refractivity contribution in [3.63, 3.8) is 0 Å². The van der Waals surface area contributed by atoms with Crippen LogP contribution in [0, 0.1) is 0 Å². The van der Waals surface area contributed by atoms with Gasteiger partial charge in [-0.15, -0.1) is 11.3 Å². The Kier molecular flexibility index (Phi) is 8.34. The van der Waals surface area contributed by atoms with Gasteiger partial charge in [0.2, 0.25) is 10.0 Å². The molecular formula is C25H30N4O3S2. The van der Waals surface area contributed by atoms with E-state index in [0.717, 1.165) is 44.0 Å². The van der Waals surface area contributed by atoms with Crippen LogP contribution in [0.2, 0.25) is 0 Å². The zero-order valence-corrected chi connectivity index (χ0v) is 20.7. The van der Waals surface area contributed by atoms with Crippen molar-refractivity contribution in [1.29, 1.82) is 0 Å². The number of piperazine rings is 1. The van der Waals surface area contributed by atoms with Crippen LogP contribution in [0.4, 0.5) is 5.69 Å². The number of thiophene rings is 1. The van der Waals surface area contributed by atoms with E-state index < -0.39 is 10.0 Å². The summed E-state index contributed by atoms with van der Waals surface area (Å²) in [6, 6.07) is 20.3. The third-order valence-electron chi connectivity index (χ3n) is 5.87. The lowest BCUT2D eigenvalue weighted by Crippen LogP contribution is -2.47. The molecule has 1 aliphatic rings. The number of nitrogens with one attached hydrogen (secondary N) is 2. The molecular weight excluding hydrogens is 468 g/mol. The molecule has 1 aromatic heterocycles. The number of carbonyl (C=O) groups is 1. The average Bonchev–Trinajstić information content (AvgIpc) is 3.40. The fraction of sp³-hybridized carbons (Fsp3) is 0.320. The lowest BCUT2D eigenvalue weighted by atomic mass is 10.2. The van der Waals surface area contributed by atoms with Crippen LogP contribution < -0.4 is 14.9 Å². The molecule has 7 nitrogen and oxygen atoms in total. The summed E-state index contributed by atoms with van der Waals surface area (Å²) >= 11 is 1.50. The molecule has 1 saturated heterocycles. The first kappa shape index (κ1) is 24.4. The molecule has 9 heteroatoms. The van der Waals surface area contributed by atoms with Gasteiger partial charge in [0.25, 0.3) is 5.91 Å². The monoisotopic (exact) mass is 498 g/mol. The van der Waals surface area contributed by atoms with Crippen molar-refractivity contribution in [3.05, 3.63) is 82.6 Å². The molecule has 0 unspecified atom stereocenters. The average molecular weight is 499 g/mol. The molecule has 0 aliphatic carbocycles. The Morgan fingerprint density at radius 2 is 1.65 bits per heavy atom. The maximum Gasteiger partial charge on any atom is 0.251 e. The highest BCUT2D eigenvalue weighted by molar-refractivity contribution is 7.89. The smallest absolute Gasteiger partial charge is 0.251 e. The molecule has 2 aromatic carbocycles. The Morgan fingerprint density at radius 1 is 0.912 bits per heavy atom. The number of anilines is 1. The number of nitrogens with zero attached hydrogens (tertiary/aromatic N) is 2. The first-order valence-electron chi connectivity index (χ1n) is 11.4. The van der Waals surface area contributed by atoms with E-state index in [4.69, 9.17) is 0 Å². The molecule has 180 valence electrons. The van der Waals surface area contributed by atoms with Crippen LogP contribution in [-0.4, -0.2) is 58.5 Å². The van der Waals surface area contributed by atoms with Gasteiger partial charge in [-0.25, -0.2) is 13.1 Å². The molecule has 1 aliphatic heterocycles. The van der Waals surface area contributed by atoms with Gasteiger partial charge in [-0.1, -0.05) is 24.3 Å². The lowest BCUT2D eigenvalue weighted by Gasteiger charge is -2.36. The summed E-state index contributed by atoms with van der Waals surface area (Å²) in [5.41, 5.74) is 1.72. The Hall–Kier alpha value is -2.72. The summed E-state index contributed by atoms with van der Waals surface area (Å²) in [4.78, 5) is 18.4. The molecule has 0 bridgehead atoms.